The van der Waals surface area contributed by atoms with Gasteiger partial charge in [0.25, 0.3) is 0 Å². The molecule has 0 aliphatic rings. The second-order valence-electron chi connectivity index (χ2n) is 3.10. The topological polar surface area (TPSA) is 42.2 Å². The summed E-state index contributed by atoms with van der Waals surface area (Å²) in [5.41, 5.74) is 0. The summed E-state index contributed by atoms with van der Waals surface area (Å²) in [6.45, 7) is 0.172. The van der Waals surface area contributed by atoms with Gasteiger partial charge in [-0.1, -0.05) is 12.1 Å². The normalized spacial score (nSPS) is 10.7. The number of rotatable bonds is 5. The average Bonchev–Trinajstić information content (AvgIpc) is 2.24. The fourth-order valence-electron chi connectivity index (χ4n) is 1.11. The van der Waals surface area contributed by atoms with E-state index in [1.54, 1.807) is 6.07 Å². The Bertz CT molecular complexity index is 398. The van der Waals surface area contributed by atoms with E-state index in [0.717, 1.165) is 0 Å². The molecule has 0 amide bonds. The number of hydrogen-bond donors (Lipinski definition) is 0. The smallest absolute Gasteiger partial charge is 0.490 e. The van der Waals surface area contributed by atoms with E-state index in [1.807, 2.05) is 6.07 Å². The second kappa shape index (κ2) is 5.99. The number of unbranched alkanes of at least 4 members (excludes halogenated alkanes) is 1. The Labute approximate surface area is 96.4 Å². The fourth-order valence-corrected chi connectivity index (χ4v) is 1.11. The number of hydrogen-bond acceptors (Lipinski definition) is 3. The van der Waals surface area contributed by atoms with Crippen molar-refractivity contribution in [2.45, 2.75) is 19.2 Å². The second-order valence-corrected chi connectivity index (χ2v) is 3.10. The molecular formula is C11H10F3NO2. The zero-order valence-corrected chi connectivity index (χ0v) is 8.83. The van der Waals surface area contributed by atoms with Crippen LogP contribution in [0.2, 0.25) is 0 Å². The third-order valence-corrected chi connectivity index (χ3v) is 1.77. The van der Waals surface area contributed by atoms with Gasteiger partial charge < -0.3 is 9.47 Å². The van der Waals surface area contributed by atoms with Crippen LogP contribution in [0.3, 0.4) is 0 Å². The first-order valence-electron chi connectivity index (χ1n) is 4.87. The molecule has 0 aliphatic heterocycles. The van der Waals surface area contributed by atoms with E-state index >= 15 is 0 Å². The van der Waals surface area contributed by atoms with E-state index in [4.69, 9.17) is 10.00 Å². The number of alkyl halides is 3. The van der Waals surface area contributed by atoms with E-state index < -0.39 is 6.36 Å². The molecule has 0 radical (unpaired) electrons. The predicted octanol–water partition coefficient (Wildman–Crippen LogP) is 3.27. The quantitative estimate of drug-likeness (QED) is 0.747. The summed E-state index contributed by atoms with van der Waals surface area (Å²) in [4.78, 5) is 0. The minimum Gasteiger partial charge on any atom is -0.490 e. The van der Waals surface area contributed by atoms with Gasteiger partial charge in [-0.3, -0.25) is 0 Å². The van der Waals surface area contributed by atoms with E-state index in [1.165, 1.54) is 18.2 Å². The molecule has 6 heteroatoms. The van der Waals surface area contributed by atoms with Gasteiger partial charge in [-0.25, -0.2) is 0 Å². The van der Waals surface area contributed by atoms with Gasteiger partial charge in [0, 0.05) is 6.42 Å². The predicted molar refractivity (Wildman–Crippen MR) is 53.5 cm³/mol. The zero-order valence-electron chi connectivity index (χ0n) is 8.83. The van der Waals surface area contributed by atoms with Crippen molar-refractivity contribution >= 4 is 0 Å². The summed E-state index contributed by atoms with van der Waals surface area (Å²) in [6.07, 6.45) is -3.99. The van der Waals surface area contributed by atoms with Crippen molar-refractivity contribution in [3.63, 3.8) is 0 Å². The summed E-state index contributed by atoms with van der Waals surface area (Å²) in [5.74, 6) is -0.361. The number of ether oxygens (including phenoxy) is 2. The largest absolute Gasteiger partial charge is 0.573 e. The molecule has 0 spiro atoms. The molecule has 0 atom stereocenters. The average molecular weight is 245 g/mol. The maximum Gasteiger partial charge on any atom is 0.573 e. The van der Waals surface area contributed by atoms with Crippen molar-refractivity contribution in [3.8, 4) is 17.6 Å². The van der Waals surface area contributed by atoms with Gasteiger partial charge in [0.1, 0.15) is 0 Å². The van der Waals surface area contributed by atoms with Crippen molar-refractivity contribution in [2.75, 3.05) is 6.61 Å². The zero-order chi connectivity index (χ0) is 12.7. The Morgan fingerprint density at radius 3 is 2.41 bits per heavy atom. The van der Waals surface area contributed by atoms with E-state index in [9.17, 15) is 13.2 Å². The fraction of sp³-hybridized carbons (Fsp3) is 0.364. The first-order chi connectivity index (χ1) is 8.03. The standard InChI is InChI=1S/C11H10F3NO2/c12-11(13,14)17-10-6-2-1-5-9(10)16-8-4-3-7-15/h1-2,5-6H,3-4,8H2. The first-order valence-corrected chi connectivity index (χ1v) is 4.87. The van der Waals surface area contributed by atoms with Crippen LogP contribution in [0, 0.1) is 11.3 Å². The third-order valence-electron chi connectivity index (χ3n) is 1.77. The molecule has 0 heterocycles. The van der Waals surface area contributed by atoms with Crippen molar-refractivity contribution in [3.05, 3.63) is 24.3 Å². The van der Waals surface area contributed by atoms with Crippen LogP contribution in [0.25, 0.3) is 0 Å². The molecule has 3 nitrogen and oxygen atoms in total. The molecule has 17 heavy (non-hydrogen) atoms. The van der Waals surface area contributed by atoms with Crippen LogP contribution in [0.15, 0.2) is 24.3 Å². The molecule has 0 fully saturated rings. The molecule has 0 saturated heterocycles. The van der Waals surface area contributed by atoms with Gasteiger partial charge in [-0.05, 0) is 18.6 Å². The van der Waals surface area contributed by atoms with Gasteiger partial charge in [0.05, 0.1) is 12.7 Å². The highest BCUT2D eigenvalue weighted by atomic mass is 19.4. The Morgan fingerprint density at radius 1 is 1.18 bits per heavy atom. The minimum atomic E-state index is -4.74. The van der Waals surface area contributed by atoms with E-state index in [-0.39, 0.29) is 18.1 Å². The summed E-state index contributed by atoms with van der Waals surface area (Å²) in [7, 11) is 0. The highest BCUT2D eigenvalue weighted by Crippen LogP contribution is 2.31. The molecule has 0 aromatic heterocycles. The molecule has 1 aromatic carbocycles. The van der Waals surface area contributed by atoms with Gasteiger partial charge >= 0.3 is 6.36 Å². The van der Waals surface area contributed by atoms with Gasteiger partial charge in [-0.15, -0.1) is 13.2 Å². The Balaban J connectivity index is 2.62. The SMILES string of the molecule is N#CCCCOc1ccccc1OC(F)(F)F. The lowest BCUT2D eigenvalue weighted by atomic mass is 10.3. The highest BCUT2D eigenvalue weighted by molar-refractivity contribution is 5.39. The van der Waals surface area contributed by atoms with Gasteiger partial charge in [-0.2, -0.15) is 5.26 Å². The molecule has 0 aliphatic carbocycles. The minimum absolute atomic E-state index is 0.0164. The maximum atomic E-state index is 12.0. The van der Waals surface area contributed by atoms with E-state index in [0.29, 0.717) is 12.8 Å². The lowest BCUT2D eigenvalue weighted by Crippen LogP contribution is -2.17. The summed E-state index contributed by atoms with van der Waals surface area (Å²) < 4.78 is 45.0. The number of nitrogens with zero attached hydrogens (tertiary/aromatic N) is 1. The van der Waals surface area contributed by atoms with Gasteiger partial charge in [0.15, 0.2) is 11.5 Å². The van der Waals surface area contributed by atoms with Crippen LogP contribution < -0.4 is 9.47 Å². The molecule has 0 N–H and O–H groups in total. The Hall–Kier alpha value is -1.90. The maximum absolute atomic E-state index is 12.0. The first kappa shape index (κ1) is 13.2. The summed E-state index contributed by atoms with van der Waals surface area (Å²) in [6, 6.07) is 7.44. The molecule has 1 aromatic rings. The number of benzene rings is 1. The number of halogens is 3. The number of nitriles is 1. The van der Waals surface area contributed by atoms with Crippen LogP contribution in [-0.2, 0) is 0 Å². The lowest BCUT2D eigenvalue weighted by molar-refractivity contribution is -0.275. The van der Waals surface area contributed by atoms with Crippen LogP contribution in [-0.4, -0.2) is 13.0 Å². The van der Waals surface area contributed by atoms with E-state index in [2.05, 4.69) is 4.74 Å². The Morgan fingerprint density at radius 2 is 1.82 bits per heavy atom. The molecule has 1 rings (SSSR count). The Kier molecular flexibility index (Phi) is 4.64. The van der Waals surface area contributed by atoms with Gasteiger partial charge in [0.2, 0.25) is 0 Å². The molecule has 0 bridgehead atoms. The number of para-hydroxylation sites is 2. The monoisotopic (exact) mass is 245 g/mol. The van der Waals surface area contributed by atoms with Crippen LogP contribution >= 0.6 is 0 Å². The third kappa shape index (κ3) is 5.11. The molecular weight excluding hydrogens is 235 g/mol. The highest BCUT2D eigenvalue weighted by Gasteiger charge is 2.32. The molecule has 0 unspecified atom stereocenters. The molecule has 0 saturated carbocycles. The van der Waals surface area contributed by atoms with Crippen molar-refractivity contribution in [1.29, 1.82) is 5.26 Å². The van der Waals surface area contributed by atoms with Crippen LogP contribution in [0.4, 0.5) is 13.2 Å². The lowest BCUT2D eigenvalue weighted by Gasteiger charge is -2.13. The van der Waals surface area contributed by atoms with Crippen LogP contribution in [0.1, 0.15) is 12.8 Å². The van der Waals surface area contributed by atoms with Crippen molar-refractivity contribution in [1.82, 2.24) is 0 Å². The summed E-state index contributed by atoms with van der Waals surface area (Å²) >= 11 is 0. The van der Waals surface area contributed by atoms with Crippen LogP contribution in [0.5, 0.6) is 11.5 Å². The summed E-state index contributed by atoms with van der Waals surface area (Å²) in [5, 5.41) is 8.29. The molecule has 92 valence electrons. The van der Waals surface area contributed by atoms with Crippen molar-refractivity contribution in [2.24, 2.45) is 0 Å². The van der Waals surface area contributed by atoms with Crippen molar-refractivity contribution < 1.29 is 22.6 Å².